The van der Waals surface area contributed by atoms with Gasteiger partial charge in [-0.3, -0.25) is 4.79 Å². The van der Waals surface area contributed by atoms with E-state index in [9.17, 15) is 9.18 Å². The number of nitrogen functional groups attached to an aromatic ring is 1. The topological polar surface area (TPSA) is 43.1 Å². The fourth-order valence-corrected chi connectivity index (χ4v) is 2.45. The first-order valence-corrected chi connectivity index (χ1v) is 6.12. The van der Waals surface area contributed by atoms with Crippen LogP contribution < -0.4 is 5.73 Å². The molecule has 0 spiro atoms. The Hall–Kier alpha value is -1.68. The number of carbonyl (C=O) groups excluding carboxylic acids is 1. The molecule has 0 radical (unpaired) electrons. The van der Waals surface area contributed by atoms with Crippen LogP contribution in [0, 0.1) is 5.82 Å². The number of rotatable bonds is 3. The standard InChI is InChI=1S/C13H12FNOS/c1-2-9-4-6-12(17-9)13(16)10-7-8(14)3-5-11(10)15/h3-7H,2,15H2,1H3. The lowest BCUT2D eigenvalue weighted by Crippen LogP contribution is -2.04. The van der Waals surface area contributed by atoms with Crippen molar-refractivity contribution in [3.63, 3.8) is 0 Å². The summed E-state index contributed by atoms with van der Waals surface area (Å²) in [6, 6.07) is 7.52. The fraction of sp³-hybridized carbons (Fsp3) is 0.154. The van der Waals surface area contributed by atoms with Crippen molar-refractivity contribution in [2.75, 3.05) is 5.73 Å². The maximum atomic E-state index is 13.1. The van der Waals surface area contributed by atoms with Gasteiger partial charge < -0.3 is 5.73 Å². The molecular formula is C13H12FNOS. The van der Waals surface area contributed by atoms with Crippen LogP contribution in [0.25, 0.3) is 0 Å². The van der Waals surface area contributed by atoms with Gasteiger partial charge in [-0.2, -0.15) is 0 Å². The number of hydrogen-bond donors (Lipinski definition) is 1. The van der Waals surface area contributed by atoms with Crippen molar-refractivity contribution < 1.29 is 9.18 Å². The molecule has 1 aromatic heterocycles. The molecule has 0 fully saturated rings. The molecule has 0 aliphatic carbocycles. The normalized spacial score (nSPS) is 10.5. The second-order valence-electron chi connectivity index (χ2n) is 3.68. The van der Waals surface area contributed by atoms with E-state index in [1.54, 1.807) is 6.07 Å². The summed E-state index contributed by atoms with van der Waals surface area (Å²) >= 11 is 1.42. The van der Waals surface area contributed by atoms with Gasteiger partial charge in [0.05, 0.1) is 4.88 Å². The van der Waals surface area contributed by atoms with Crippen molar-refractivity contribution >= 4 is 22.8 Å². The van der Waals surface area contributed by atoms with Crippen LogP contribution in [-0.4, -0.2) is 5.78 Å². The molecule has 0 bridgehead atoms. The van der Waals surface area contributed by atoms with Gasteiger partial charge in [-0.25, -0.2) is 4.39 Å². The SMILES string of the molecule is CCc1ccc(C(=O)c2cc(F)ccc2N)s1. The lowest BCUT2D eigenvalue weighted by molar-refractivity contribution is 0.104. The number of thiophene rings is 1. The average Bonchev–Trinajstić information content (AvgIpc) is 2.80. The second-order valence-corrected chi connectivity index (χ2v) is 4.85. The lowest BCUT2D eigenvalue weighted by Gasteiger charge is -2.02. The Balaban J connectivity index is 2.39. The molecule has 2 N–H and O–H groups in total. The number of halogens is 1. The third-order valence-corrected chi connectivity index (χ3v) is 3.72. The zero-order valence-corrected chi connectivity index (χ0v) is 10.2. The van der Waals surface area contributed by atoms with Gasteiger partial charge in [0.2, 0.25) is 5.78 Å². The van der Waals surface area contributed by atoms with E-state index in [0.717, 1.165) is 11.3 Å². The smallest absolute Gasteiger partial charge is 0.205 e. The summed E-state index contributed by atoms with van der Waals surface area (Å²) in [4.78, 5) is 13.8. The van der Waals surface area contributed by atoms with Gasteiger partial charge in [0.25, 0.3) is 0 Å². The van der Waals surface area contributed by atoms with Gasteiger partial charge >= 0.3 is 0 Å². The molecule has 4 heteroatoms. The van der Waals surface area contributed by atoms with Crippen LogP contribution in [0.1, 0.15) is 27.0 Å². The molecule has 17 heavy (non-hydrogen) atoms. The number of hydrogen-bond acceptors (Lipinski definition) is 3. The number of aryl methyl sites for hydroxylation is 1. The minimum atomic E-state index is -0.449. The molecule has 2 aromatic rings. The summed E-state index contributed by atoms with van der Waals surface area (Å²) < 4.78 is 13.1. The highest BCUT2D eigenvalue weighted by Gasteiger charge is 2.15. The maximum Gasteiger partial charge on any atom is 0.205 e. The monoisotopic (exact) mass is 249 g/mol. The Morgan fingerprint density at radius 1 is 1.35 bits per heavy atom. The number of carbonyl (C=O) groups is 1. The van der Waals surface area contributed by atoms with Crippen molar-refractivity contribution in [1.29, 1.82) is 0 Å². The van der Waals surface area contributed by atoms with E-state index < -0.39 is 5.82 Å². The van der Waals surface area contributed by atoms with E-state index in [1.165, 1.54) is 29.5 Å². The predicted molar refractivity (Wildman–Crippen MR) is 67.9 cm³/mol. The lowest BCUT2D eigenvalue weighted by atomic mass is 10.1. The zero-order chi connectivity index (χ0) is 12.4. The Kier molecular flexibility index (Phi) is 3.24. The number of anilines is 1. The third-order valence-electron chi connectivity index (χ3n) is 2.49. The minimum absolute atomic E-state index is 0.216. The second kappa shape index (κ2) is 4.67. The van der Waals surface area contributed by atoms with Gasteiger partial charge in [-0.1, -0.05) is 6.92 Å². The zero-order valence-electron chi connectivity index (χ0n) is 9.37. The van der Waals surface area contributed by atoms with Crippen molar-refractivity contribution in [2.45, 2.75) is 13.3 Å². The highest BCUT2D eigenvalue weighted by molar-refractivity contribution is 7.14. The molecule has 0 saturated heterocycles. The molecule has 1 aromatic carbocycles. The van der Waals surface area contributed by atoms with Gasteiger partial charge in [-0.05, 0) is 36.8 Å². The van der Waals surface area contributed by atoms with Crippen LogP contribution in [0.5, 0.6) is 0 Å². The molecule has 2 nitrogen and oxygen atoms in total. The molecular weight excluding hydrogens is 237 g/mol. The Morgan fingerprint density at radius 3 is 2.76 bits per heavy atom. The molecule has 0 amide bonds. The number of ketones is 1. The molecule has 0 saturated carbocycles. The predicted octanol–water partition coefficient (Wildman–Crippen LogP) is 3.26. The van der Waals surface area contributed by atoms with E-state index in [4.69, 9.17) is 5.73 Å². The quantitative estimate of drug-likeness (QED) is 0.670. The van der Waals surface area contributed by atoms with E-state index in [-0.39, 0.29) is 11.3 Å². The van der Waals surface area contributed by atoms with E-state index in [2.05, 4.69) is 0 Å². The first-order valence-electron chi connectivity index (χ1n) is 5.30. The molecule has 0 aliphatic rings. The molecule has 2 rings (SSSR count). The average molecular weight is 249 g/mol. The highest BCUT2D eigenvalue weighted by Crippen LogP contribution is 2.23. The molecule has 0 atom stereocenters. The van der Waals surface area contributed by atoms with Crippen LogP contribution >= 0.6 is 11.3 Å². The van der Waals surface area contributed by atoms with Gasteiger partial charge in [0, 0.05) is 16.1 Å². The van der Waals surface area contributed by atoms with E-state index in [0.29, 0.717) is 10.6 Å². The van der Waals surface area contributed by atoms with Crippen molar-refractivity contribution in [3.8, 4) is 0 Å². The summed E-state index contributed by atoms with van der Waals surface area (Å²) in [5.74, 6) is -0.665. The summed E-state index contributed by atoms with van der Waals surface area (Å²) in [7, 11) is 0. The first kappa shape index (κ1) is 11.8. The summed E-state index contributed by atoms with van der Waals surface area (Å²) in [5.41, 5.74) is 6.22. The van der Waals surface area contributed by atoms with Crippen LogP contribution in [0.4, 0.5) is 10.1 Å². The van der Waals surface area contributed by atoms with Crippen molar-refractivity contribution in [2.24, 2.45) is 0 Å². The summed E-state index contributed by atoms with van der Waals surface area (Å²) in [6.07, 6.45) is 0.885. The number of benzene rings is 1. The molecule has 0 unspecified atom stereocenters. The minimum Gasteiger partial charge on any atom is -0.398 e. The van der Waals surface area contributed by atoms with E-state index in [1.807, 2.05) is 13.0 Å². The Bertz CT molecular complexity index is 562. The van der Waals surface area contributed by atoms with Crippen LogP contribution in [0.2, 0.25) is 0 Å². The number of nitrogens with two attached hydrogens (primary N) is 1. The highest BCUT2D eigenvalue weighted by atomic mass is 32.1. The van der Waals surface area contributed by atoms with Crippen molar-refractivity contribution in [3.05, 3.63) is 51.5 Å². The van der Waals surface area contributed by atoms with Gasteiger partial charge in [0.15, 0.2) is 0 Å². The fourth-order valence-electron chi connectivity index (χ4n) is 1.55. The molecule has 0 aliphatic heterocycles. The molecule has 88 valence electrons. The van der Waals surface area contributed by atoms with Crippen LogP contribution in [-0.2, 0) is 6.42 Å². The summed E-state index contributed by atoms with van der Waals surface area (Å²) in [5, 5.41) is 0. The maximum absolute atomic E-state index is 13.1. The molecule has 1 heterocycles. The van der Waals surface area contributed by atoms with Crippen LogP contribution in [0.3, 0.4) is 0 Å². The Morgan fingerprint density at radius 2 is 2.12 bits per heavy atom. The third kappa shape index (κ3) is 2.36. The van der Waals surface area contributed by atoms with E-state index >= 15 is 0 Å². The van der Waals surface area contributed by atoms with Crippen molar-refractivity contribution in [1.82, 2.24) is 0 Å². The van der Waals surface area contributed by atoms with Gasteiger partial charge in [-0.15, -0.1) is 11.3 Å². The first-order chi connectivity index (χ1) is 8.11. The summed E-state index contributed by atoms with van der Waals surface area (Å²) in [6.45, 7) is 2.02. The van der Waals surface area contributed by atoms with Gasteiger partial charge in [0.1, 0.15) is 5.82 Å². The Labute approximate surface area is 103 Å². The van der Waals surface area contributed by atoms with Crippen LogP contribution in [0.15, 0.2) is 30.3 Å². The largest absolute Gasteiger partial charge is 0.398 e.